The monoisotopic (exact) mass is 211 g/mol. The van der Waals surface area contributed by atoms with Crippen LogP contribution >= 0.6 is 0 Å². The lowest BCUT2D eigenvalue weighted by atomic mass is 9.96. The quantitative estimate of drug-likeness (QED) is 0.535. The Kier molecular flexibility index (Phi) is 4.75. The Balaban J connectivity index is 2.66. The first-order chi connectivity index (χ1) is 7.15. The third kappa shape index (κ3) is 3.63. The smallest absolute Gasteiger partial charge is 0.222 e. The predicted molar refractivity (Wildman–Crippen MR) is 61.9 cm³/mol. The van der Waals surface area contributed by atoms with E-state index in [1.54, 1.807) is 0 Å². The maximum absolute atomic E-state index is 11.1. The van der Waals surface area contributed by atoms with E-state index in [9.17, 15) is 4.79 Å². The average Bonchev–Trinajstić information content (AvgIpc) is 2.58. The van der Waals surface area contributed by atoms with Crippen LogP contribution < -0.4 is 10.6 Å². The summed E-state index contributed by atoms with van der Waals surface area (Å²) in [7, 11) is 0. The molecule has 0 aromatic carbocycles. The van der Waals surface area contributed by atoms with Gasteiger partial charge in [0, 0.05) is 25.9 Å². The Morgan fingerprint density at radius 2 is 2.27 bits per heavy atom. The van der Waals surface area contributed by atoms with Crippen molar-refractivity contribution in [1.82, 2.24) is 10.6 Å². The topological polar surface area (TPSA) is 53.5 Å². The highest BCUT2D eigenvalue weighted by Crippen LogP contribution is 2.16. The van der Waals surface area contributed by atoms with E-state index in [-0.39, 0.29) is 5.91 Å². The molecule has 0 aromatic rings. The van der Waals surface area contributed by atoms with E-state index in [1.165, 1.54) is 6.92 Å². The molecule has 1 fully saturated rings. The number of carbonyl (C=O) groups excluding carboxylic acids is 1. The van der Waals surface area contributed by atoms with Gasteiger partial charge in [0.05, 0.1) is 0 Å². The Morgan fingerprint density at radius 3 is 2.73 bits per heavy atom. The molecule has 2 unspecified atom stereocenters. The van der Waals surface area contributed by atoms with Gasteiger partial charge >= 0.3 is 0 Å². The number of amides is 1. The van der Waals surface area contributed by atoms with E-state index in [0.717, 1.165) is 31.9 Å². The number of aliphatic imine (C=N–C) groups is 1. The SMILES string of the molecule is CCCN=C(NC(C)=O)C1CNCC1C. The second kappa shape index (κ2) is 5.85. The van der Waals surface area contributed by atoms with Crippen LogP contribution in [0.25, 0.3) is 0 Å². The van der Waals surface area contributed by atoms with Crippen molar-refractivity contribution in [3.63, 3.8) is 0 Å². The second-order valence-corrected chi connectivity index (χ2v) is 4.19. The molecule has 15 heavy (non-hydrogen) atoms. The van der Waals surface area contributed by atoms with E-state index in [0.29, 0.717) is 11.8 Å². The highest BCUT2D eigenvalue weighted by Gasteiger charge is 2.28. The van der Waals surface area contributed by atoms with Crippen molar-refractivity contribution in [2.45, 2.75) is 27.2 Å². The van der Waals surface area contributed by atoms with Gasteiger partial charge in [0.15, 0.2) is 0 Å². The first-order valence-corrected chi connectivity index (χ1v) is 5.67. The van der Waals surface area contributed by atoms with E-state index in [4.69, 9.17) is 0 Å². The van der Waals surface area contributed by atoms with Crippen LogP contribution in [0.2, 0.25) is 0 Å². The highest BCUT2D eigenvalue weighted by molar-refractivity contribution is 5.98. The summed E-state index contributed by atoms with van der Waals surface area (Å²) in [6.07, 6.45) is 1.01. The molecule has 0 saturated carbocycles. The van der Waals surface area contributed by atoms with E-state index < -0.39 is 0 Å². The summed E-state index contributed by atoms with van der Waals surface area (Å²) in [5.74, 6) is 1.75. The van der Waals surface area contributed by atoms with Gasteiger partial charge in [0.2, 0.25) is 5.91 Å². The van der Waals surface area contributed by atoms with Crippen LogP contribution in [0.3, 0.4) is 0 Å². The maximum Gasteiger partial charge on any atom is 0.222 e. The van der Waals surface area contributed by atoms with Gasteiger partial charge in [-0.3, -0.25) is 9.79 Å². The van der Waals surface area contributed by atoms with Gasteiger partial charge in [-0.25, -0.2) is 0 Å². The summed E-state index contributed by atoms with van der Waals surface area (Å²) in [6.45, 7) is 8.53. The normalized spacial score (nSPS) is 26.7. The molecule has 1 saturated heterocycles. The molecule has 1 aliphatic rings. The first-order valence-electron chi connectivity index (χ1n) is 5.67. The molecule has 0 aliphatic carbocycles. The molecule has 1 rings (SSSR count). The molecule has 0 spiro atoms. The van der Waals surface area contributed by atoms with Gasteiger partial charge in [0.25, 0.3) is 0 Å². The molecule has 2 N–H and O–H groups in total. The minimum Gasteiger partial charge on any atom is -0.316 e. The minimum absolute atomic E-state index is 0.0241. The van der Waals surface area contributed by atoms with Gasteiger partial charge in [0.1, 0.15) is 5.84 Å². The lowest BCUT2D eigenvalue weighted by Gasteiger charge is -2.17. The molecule has 1 aliphatic heterocycles. The number of hydrogen-bond acceptors (Lipinski definition) is 3. The molecule has 0 radical (unpaired) electrons. The maximum atomic E-state index is 11.1. The average molecular weight is 211 g/mol. The zero-order valence-electron chi connectivity index (χ0n) is 9.84. The first kappa shape index (κ1) is 12.2. The van der Waals surface area contributed by atoms with Gasteiger partial charge in [-0.1, -0.05) is 13.8 Å². The van der Waals surface area contributed by atoms with Crippen molar-refractivity contribution in [3.05, 3.63) is 0 Å². The molecule has 2 atom stereocenters. The zero-order chi connectivity index (χ0) is 11.3. The molecule has 0 bridgehead atoms. The van der Waals surface area contributed by atoms with E-state index >= 15 is 0 Å². The van der Waals surface area contributed by atoms with Gasteiger partial charge < -0.3 is 10.6 Å². The van der Waals surface area contributed by atoms with Crippen molar-refractivity contribution in [3.8, 4) is 0 Å². The van der Waals surface area contributed by atoms with Crippen molar-refractivity contribution in [1.29, 1.82) is 0 Å². The van der Waals surface area contributed by atoms with Gasteiger partial charge in [-0.2, -0.15) is 0 Å². The Morgan fingerprint density at radius 1 is 1.53 bits per heavy atom. The molecule has 0 aromatic heterocycles. The van der Waals surface area contributed by atoms with Crippen LogP contribution in [0.1, 0.15) is 27.2 Å². The van der Waals surface area contributed by atoms with Crippen molar-refractivity contribution in [2.75, 3.05) is 19.6 Å². The molecule has 1 amide bonds. The number of amidine groups is 1. The van der Waals surface area contributed by atoms with Gasteiger partial charge in [-0.05, 0) is 18.9 Å². The number of nitrogens with zero attached hydrogens (tertiary/aromatic N) is 1. The minimum atomic E-state index is -0.0241. The molecule has 86 valence electrons. The van der Waals surface area contributed by atoms with Crippen LogP contribution in [-0.4, -0.2) is 31.4 Å². The van der Waals surface area contributed by atoms with Crippen LogP contribution in [0, 0.1) is 11.8 Å². The molecular formula is C11H21N3O. The van der Waals surface area contributed by atoms with E-state index in [2.05, 4.69) is 29.5 Å². The summed E-state index contributed by atoms with van der Waals surface area (Å²) in [4.78, 5) is 15.5. The van der Waals surface area contributed by atoms with E-state index in [1.807, 2.05) is 0 Å². The Bertz CT molecular complexity index is 250. The number of rotatable bonds is 3. The van der Waals surface area contributed by atoms with Crippen molar-refractivity contribution in [2.24, 2.45) is 16.8 Å². The number of carbonyl (C=O) groups is 1. The summed E-state index contributed by atoms with van der Waals surface area (Å²) < 4.78 is 0. The van der Waals surface area contributed by atoms with Crippen LogP contribution in [0.15, 0.2) is 4.99 Å². The lowest BCUT2D eigenvalue weighted by Crippen LogP contribution is -2.37. The fourth-order valence-corrected chi connectivity index (χ4v) is 1.84. The van der Waals surface area contributed by atoms with Crippen LogP contribution in [0.5, 0.6) is 0 Å². The second-order valence-electron chi connectivity index (χ2n) is 4.19. The summed E-state index contributed by atoms with van der Waals surface area (Å²) in [5.41, 5.74) is 0. The predicted octanol–water partition coefficient (Wildman–Crippen LogP) is 0.786. The van der Waals surface area contributed by atoms with Crippen molar-refractivity contribution >= 4 is 11.7 Å². The third-order valence-electron chi connectivity index (χ3n) is 2.68. The zero-order valence-corrected chi connectivity index (χ0v) is 9.84. The third-order valence-corrected chi connectivity index (χ3v) is 2.68. The molecular weight excluding hydrogens is 190 g/mol. The largest absolute Gasteiger partial charge is 0.316 e. The molecule has 4 nitrogen and oxygen atoms in total. The molecule has 1 heterocycles. The van der Waals surface area contributed by atoms with Gasteiger partial charge in [-0.15, -0.1) is 0 Å². The number of nitrogens with one attached hydrogen (secondary N) is 2. The summed E-state index contributed by atoms with van der Waals surface area (Å²) >= 11 is 0. The highest BCUT2D eigenvalue weighted by atomic mass is 16.1. The van der Waals surface area contributed by atoms with Crippen molar-refractivity contribution < 1.29 is 4.79 Å². The summed E-state index contributed by atoms with van der Waals surface area (Å²) in [6, 6.07) is 0. The molecule has 4 heteroatoms. The Labute approximate surface area is 91.5 Å². The standard InChI is InChI=1S/C11H21N3O/c1-4-5-13-11(14-9(3)15)10-7-12-6-8(10)2/h8,10,12H,4-7H2,1-3H3,(H,13,14,15). The number of hydrogen-bond donors (Lipinski definition) is 2. The fourth-order valence-electron chi connectivity index (χ4n) is 1.84. The Hall–Kier alpha value is -0.900. The van der Waals surface area contributed by atoms with Crippen LogP contribution in [0.4, 0.5) is 0 Å². The summed E-state index contributed by atoms with van der Waals surface area (Å²) in [5, 5.41) is 6.18. The fraction of sp³-hybridized carbons (Fsp3) is 0.818. The lowest BCUT2D eigenvalue weighted by molar-refractivity contribution is -0.117. The van der Waals surface area contributed by atoms with Crippen LogP contribution in [-0.2, 0) is 4.79 Å².